The number of amides is 2. The van der Waals surface area contributed by atoms with Gasteiger partial charge in [-0.2, -0.15) is 0 Å². The van der Waals surface area contributed by atoms with E-state index in [2.05, 4.69) is 36.7 Å². The Balaban J connectivity index is 1.81. The Bertz CT molecular complexity index is 1280. The van der Waals surface area contributed by atoms with Crippen LogP contribution in [0.4, 0.5) is 4.39 Å². The van der Waals surface area contributed by atoms with Gasteiger partial charge in [-0.25, -0.2) is 4.39 Å². The number of nitrogens with zero attached hydrogens (tertiary/aromatic N) is 1. The number of halogens is 3. The molecule has 2 aromatic carbocycles. The van der Waals surface area contributed by atoms with E-state index in [1.807, 2.05) is 0 Å². The Morgan fingerprint density at radius 1 is 1.18 bits per heavy atom. The first kappa shape index (κ1) is 28.4. The molecule has 9 heteroatoms. The summed E-state index contributed by atoms with van der Waals surface area (Å²) in [7, 11) is 0. The summed E-state index contributed by atoms with van der Waals surface area (Å²) in [6.45, 7) is 5.79. The number of carbonyl (C=O) groups excluding carboxylic acids is 4. The van der Waals surface area contributed by atoms with Crippen molar-refractivity contribution >= 4 is 50.6 Å². The third kappa shape index (κ3) is 5.30. The van der Waals surface area contributed by atoms with Crippen LogP contribution in [0.1, 0.15) is 67.9 Å². The topological polar surface area (TPSA) is 80.8 Å². The summed E-state index contributed by atoms with van der Waals surface area (Å²) in [6, 6.07) is 10.4. The van der Waals surface area contributed by atoms with Crippen molar-refractivity contribution in [3.63, 3.8) is 0 Å². The molecule has 0 radical (unpaired) electrons. The molecule has 0 aromatic heterocycles. The van der Waals surface area contributed by atoms with Crippen LogP contribution in [-0.4, -0.2) is 34.0 Å². The second kappa shape index (κ2) is 11.3. The number of benzene rings is 2. The SMILES string of the molecule is CC(C)[C@@H]1CC[C@@H](C)C[C@H]1OC(=O)[C@]1(CC(=O)Cl)C(=O)N(Cc2ccc(Br)cc2F)C(=O)c2ccccc21. The van der Waals surface area contributed by atoms with Gasteiger partial charge in [0.25, 0.3) is 11.8 Å². The minimum absolute atomic E-state index is 0.0666. The van der Waals surface area contributed by atoms with Crippen molar-refractivity contribution in [2.45, 2.75) is 64.5 Å². The molecule has 1 saturated carbocycles. The molecule has 1 aliphatic heterocycles. The summed E-state index contributed by atoms with van der Waals surface area (Å²) in [4.78, 5) is 55.0. The van der Waals surface area contributed by atoms with Crippen molar-refractivity contribution in [3.05, 3.63) is 69.4 Å². The van der Waals surface area contributed by atoms with Crippen LogP contribution in [-0.2, 0) is 31.1 Å². The van der Waals surface area contributed by atoms with Gasteiger partial charge < -0.3 is 4.74 Å². The van der Waals surface area contributed by atoms with Crippen LogP contribution in [0, 0.1) is 23.6 Å². The van der Waals surface area contributed by atoms with E-state index in [0.717, 1.165) is 17.7 Å². The number of esters is 1. The van der Waals surface area contributed by atoms with Crippen molar-refractivity contribution in [3.8, 4) is 0 Å². The number of hydrogen-bond acceptors (Lipinski definition) is 5. The summed E-state index contributed by atoms with van der Waals surface area (Å²) >= 11 is 9.04. The summed E-state index contributed by atoms with van der Waals surface area (Å²) in [5.74, 6) is -2.54. The van der Waals surface area contributed by atoms with Crippen LogP contribution in [0.25, 0.3) is 0 Å². The van der Waals surface area contributed by atoms with Gasteiger partial charge in [0.05, 0.1) is 13.0 Å². The number of fused-ring (bicyclic) bond motifs is 1. The smallest absolute Gasteiger partial charge is 0.327 e. The summed E-state index contributed by atoms with van der Waals surface area (Å²) in [5.41, 5.74) is -1.95. The first-order chi connectivity index (χ1) is 18.0. The lowest BCUT2D eigenvalue weighted by Crippen LogP contribution is -2.59. The van der Waals surface area contributed by atoms with Crippen molar-refractivity contribution in [2.75, 3.05) is 0 Å². The summed E-state index contributed by atoms with van der Waals surface area (Å²) in [6.07, 6.45) is 1.36. The molecule has 1 heterocycles. The van der Waals surface area contributed by atoms with E-state index in [1.165, 1.54) is 24.3 Å². The van der Waals surface area contributed by atoms with Crippen LogP contribution >= 0.6 is 27.5 Å². The molecule has 0 saturated heterocycles. The molecule has 6 nitrogen and oxygen atoms in total. The number of imide groups is 1. The zero-order valence-corrected chi connectivity index (χ0v) is 23.9. The normalized spacial score (nSPS) is 25.3. The van der Waals surface area contributed by atoms with E-state index in [9.17, 15) is 23.6 Å². The zero-order chi connectivity index (χ0) is 27.8. The van der Waals surface area contributed by atoms with Crippen molar-refractivity contribution in [1.82, 2.24) is 4.90 Å². The highest BCUT2D eigenvalue weighted by Gasteiger charge is 2.58. The lowest BCUT2D eigenvalue weighted by molar-refractivity contribution is -0.169. The highest BCUT2D eigenvalue weighted by atomic mass is 79.9. The first-order valence-electron chi connectivity index (χ1n) is 12.7. The fourth-order valence-electron chi connectivity index (χ4n) is 5.73. The van der Waals surface area contributed by atoms with E-state index in [-0.39, 0.29) is 28.5 Å². The Hall–Kier alpha value is -2.58. The van der Waals surface area contributed by atoms with E-state index < -0.39 is 53.3 Å². The maximum absolute atomic E-state index is 14.7. The fraction of sp³-hybridized carbons (Fsp3) is 0.448. The lowest BCUT2D eigenvalue weighted by Gasteiger charge is -2.42. The Labute approximate surface area is 235 Å². The molecule has 1 fully saturated rings. The van der Waals surface area contributed by atoms with Gasteiger partial charge in [-0.1, -0.05) is 67.4 Å². The predicted octanol–water partition coefficient (Wildman–Crippen LogP) is 6.17. The number of hydrogen-bond donors (Lipinski definition) is 0. The summed E-state index contributed by atoms with van der Waals surface area (Å²) in [5, 5.41) is -0.924. The molecular formula is C29H30BrClFNO5. The van der Waals surface area contributed by atoms with E-state index >= 15 is 0 Å². The van der Waals surface area contributed by atoms with Gasteiger partial charge in [0.1, 0.15) is 11.9 Å². The van der Waals surface area contributed by atoms with Crippen molar-refractivity contribution in [1.29, 1.82) is 0 Å². The second-order valence-corrected chi connectivity index (χ2v) is 12.0. The third-order valence-electron chi connectivity index (χ3n) is 7.79. The minimum Gasteiger partial charge on any atom is -0.461 e. The molecule has 2 aromatic rings. The highest BCUT2D eigenvalue weighted by molar-refractivity contribution is 9.10. The second-order valence-electron chi connectivity index (χ2n) is 10.7. The summed E-state index contributed by atoms with van der Waals surface area (Å²) < 4.78 is 21.3. The van der Waals surface area contributed by atoms with Gasteiger partial charge in [0.15, 0.2) is 5.41 Å². The fourth-order valence-corrected chi connectivity index (χ4v) is 6.26. The van der Waals surface area contributed by atoms with E-state index in [0.29, 0.717) is 16.8 Å². The number of rotatable bonds is 7. The van der Waals surface area contributed by atoms with Gasteiger partial charge in [0, 0.05) is 15.6 Å². The molecule has 202 valence electrons. The van der Waals surface area contributed by atoms with Gasteiger partial charge in [-0.15, -0.1) is 0 Å². The Kier molecular flexibility index (Phi) is 8.43. The van der Waals surface area contributed by atoms with Gasteiger partial charge in [-0.05, 0) is 66.0 Å². The van der Waals surface area contributed by atoms with Gasteiger partial charge in [0.2, 0.25) is 5.24 Å². The molecule has 0 N–H and O–H groups in total. The molecule has 2 amide bonds. The molecule has 1 aliphatic carbocycles. The third-order valence-corrected chi connectivity index (χ3v) is 8.42. The van der Waals surface area contributed by atoms with Crippen LogP contribution in [0.5, 0.6) is 0 Å². The molecule has 0 spiro atoms. The van der Waals surface area contributed by atoms with Gasteiger partial charge in [-0.3, -0.25) is 24.1 Å². The average molecular weight is 607 g/mol. The highest BCUT2D eigenvalue weighted by Crippen LogP contribution is 2.43. The molecular weight excluding hydrogens is 577 g/mol. The van der Waals surface area contributed by atoms with E-state index in [4.69, 9.17) is 16.3 Å². The zero-order valence-electron chi connectivity index (χ0n) is 21.5. The van der Waals surface area contributed by atoms with Crippen LogP contribution in [0.2, 0.25) is 0 Å². The largest absolute Gasteiger partial charge is 0.461 e. The molecule has 0 bridgehead atoms. The first-order valence-corrected chi connectivity index (χ1v) is 13.9. The van der Waals surface area contributed by atoms with Gasteiger partial charge >= 0.3 is 5.97 Å². The molecule has 2 aliphatic rings. The predicted molar refractivity (Wildman–Crippen MR) is 144 cm³/mol. The molecule has 4 rings (SSSR count). The minimum atomic E-state index is -2.17. The number of ether oxygens (including phenoxy) is 1. The quantitative estimate of drug-likeness (QED) is 0.163. The standard InChI is InChI=1S/C29H30BrClFNO5/c1-16(2)20-11-8-17(3)12-24(20)38-28(37)29(14-25(31)34)22-7-5-4-6-21(22)26(35)33(27(29)36)15-18-9-10-19(30)13-23(18)32/h4-7,9-10,13,16-17,20,24H,8,11-12,14-15H2,1-3H3/t17-,20+,24-,29+/m1/s1. The Morgan fingerprint density at radius 2 is 1.89 bits per heavy atom. The molecule has 4 atom stereocenters. The maximum Gasteiger partial charge on any atom is 0.327 e. The molecule has 38 heavy (non-hydrogen) atoms. The van der Waals surface area contributed by atoms with Crippen LogP contribution in [0.15, 0.2) is 46.9 Å². The lowest BCUT2D eigenvalue weighted by atomic mass is 9.71. The van der Waals surface area contributed by atoms with E-state index in [1.54, 1.807) is 18.2 Å². The maximum atomic E-state index is 14.7. The van der Waals surface area contributed by atoms with Crippen LogP contribution in [0.3, 0.4) is 0 Å². The molecule has 0 unspecified atom stereocenters. The van der Waals surface area contributed by atoms with Crippen LogP contribution < -0.4 is 0 Å². The van der Waals surface area contributed by atoms with Crippen molar-refractivity contribution < 1.29 is 28.3 Å². The number of carbonyl (C=O) groups is 4. The Morgan fingerprint density at radius 3 is 2.55 bits per heavy atom. The average Bonchev–Trinajstić information content (AvgIpc) is 2.85. The van der Waals surface area contributed by atoms with Crippen molar-refractivity contribution in [2.24, 2.45) is 17.8 Å². The monoisotopic (exact) mass is 605 g/mol.